The molecule has 0 bridgehead atoms. The summed E-state index contributed by atoms with van der Waals surface area (Å²) in [5.74, 6) is 0. The molecule has 0 aromatic rings. The fraction of sp³-hybridized carbons (Fsp3) is 1.00. The summed E-state index contributed by atoms with van der Waals surface area (Å²) in [7, 11) is 0. The van der Waals surface area contributed by atoms with Crippen LogP contribution in [0, 0.1) is 32.5 Å². The van der Waals surface area contributed by atoms with Crippen molar-refractivity contribution in [1.82, 2.24) is 45.3 Å². The molecule has 12 aliphatic heterocycles. The molecule has 6 spiro atoms. The van der Waals surface area contributed by atoms with Crippen LogP contribution in [0.4, 0.5) is 0 Å². The first-order valence-corrected chi connectivity index (χ1v) is 31.6. The number of rotatable bonds is 6. The SMILES string of the molecule is CC(C)N1CCC2(CCNC2)C1.CC(C)N1CCC2(CCNC2)CC1.CC(C)N1CCC2(CCOC2)C1.CC(C)N1CCC2(CCOC2)CC1.CC(C)N1CCC2(CCOCC2)C1.CC(C)N1CCC2(CNC2)C1. The average molecular weight is 1040 g/mol. The summed E-state index contributed by atoms with van der Waals surface area (Å²) in [6, 6.07) is 4.39. The van der Waals surface area contributed by atoms with Crippen molar-refractivity contribution in [2.75, 3.05) is 157 Å². The van der Waals surface area contributed by atoms with Crippen LogP contribution in [0.2, 0.25) is 0 Å². The largest absolute Gasteiger partial charge is 0.381 e. The molecular formula is C62H121N9O3. The summed E-state index contributed by atoms with van der Waals surface area (Å²) in [6.45, 7) is 56.8. The third kappa shape index (κ3) is 16.8. The van der Waals surface area contributed by atoms with Gasteiger partial charge in [-0.1, -0.05) is 0 Å². The lowest BCUT2D eigenvalue weighted by Gasteiger charge is -2.40. The van der Waals surface area contributed by atoms with Crippen LogP contribution in [0.1, 0.15) is 173 Å². The molecular weight excluding hydrogens is 919 g/mol. The normalized spacial score (nSPS) is 31.7. The Hall–Kier alpha value is -0.480. The van der Waals surface area contributed by atoms with Crippen LogP contribution in [0.15, 0.2) is 0 Å². The molecule has 12 nitrogen and oxygen atoms in total. The van der Waals surface area contributed by atoms with Gasteiger partial charge in [-0.2, -0.15) is 0 Å². The van der Waals surface area contributed by atoms with Crippen molar-refractivity contribution >= 4 is 0 Å². The van der Waals surface area contributed by atoms with Gasteiger partial charge in [0.15, 0.2) is 0 Å². The molecule has 0 radical (unpaired) electrons. The van der Waals surface area contributed by atoms with Crippen LogP contribution in [-0.4, -0.2) is 223 Å². The molecule has 2 atom stereocenters. The molecule has 12 rings (SSSR count). The Morgan fingerprint density at radius 2 is 0.568 bits per heavy atom. The average Bonchev–Trinajstić information content (AvgIpc) is 4.23. The van der Waals surface area contributed by atoms with Crippen molar-refractivity contribution < 1.29 is 14.2 Å². The topological polar surface area (TPSA) is 83.2 Å². The van der Waals surface area contributed by atoms with Gasteiger partial charge in [0.1, 0.15) is 0 Å². The maximum atomic E-state index is 5.51. The molecule has 2 unspecified atom stereocenters. The number of likely N-dealkylation sites (tertiary alicyclic amines) is 6. The highest BCUT2D eigenvalue weighted by Gasteiger charge is 2.45. The molecule has 12 saturated heterocycles. The van der Waals surface area contributed by atoms with E-state index in [-0.39, 0.29) is 0 Å². The van der Waals surface area contributed by atoms with Crippen molar-refractivity contribution in [3.8, 4) is 0 Å². The van der Waals surface area contributed by atoms with Gasteiger partial charge in [-0.15, -0.1) is 0 Å². The van der Waals surface area contributed by atoms with Gasteiger partial charge in [-0.05, 0) is 260 Å². The van der Waals surface area contributed by atoms with Gasteiger partial charge < -0.3 is 59.6 Å². The van der Waals surface area contributed by atoms with Crippen LogP contribution in [0.3, 0.4) is 0 Å². The number of hydrogen-bond acceptors (Lipinski definition) is 12. The van der Waals surface area contributed by atoms with Crippen LogP contribution in [-0.2, 0) is 14.2 Å². The minimum Gasteiger partial charge on any atom is -0.381 e. The molecule has 12 aliphatic rings. The minimum absolute atomic E-state index is 0.546. The van der Waals surface area contributed by atoms with Gasteiger partial charge in [-0.3, -0.25) is 0 Å². The molecule has 0 aromatic carbocycles. The smallest absolute Gasteiger partial charge is 0.0536 e. The van der Waals surface area contributed by atoms with Crippen LogP contribution in [0.5, 0.6) is 0 Å². The van der Waals surface area contributed by atoms with Crippen LogP contribution < -0.4 is 16.0 Å². The highest BCUT2D eigenvalue weighted by atomic mass is 16.5. The standard InChI is InChI=1S/C11H22N2.2C11H21NO.C10H20N2.C10H19NO.C9H18N2/c1-10(2)13-7-4-11(5-8-13)3-6-12-9-11;1-10(2)12-6-3-11(9-12)4-7-13-8-5-11;1-10(2)12-6-3-11(4-7-12)5-8-13-9-11;1-9(2)12-6-4-10(8-12)3-5-11-7-10;1-9(2)11-5-3-10(7-11)4-6-12-8-10;1-8(2)11-4-3-9(7-11)5-10-6-9/h10,12H,3-9H2,1-2H3;2*10H,3-9H2,1-2H3;9,11H,3-8H2,1-2H3;9H,3-8H2,1-2H3;8,10H,3-7H2,1-2H3. The second-order valence-corrected chi connectivity index (χ2v) is 28.7. The van der Waals surface area contributed by atoms with Gasteiger partial charge >= 0.3 is 0 Å². The number of nitrogens with zero attached hydrogens (tertiary/aromatic N) is 6. The predicted octanol–water partition coefficient (Wildman–Crippen LogP) is 8.54. The maximum Gasteiger partial charge on any atom is 0.0536 e. The summed E-state index contributed by atoms with van der Waals surface area (Å²) in [5.41, 5.74) is 3.78. The summed E-state index contributed by atoms with van der Waals surface area (Å²) < 4.78 is 16.4. The number of piperidine rings is 2. The van der Waals surface area contributed by atoms with Crippen molar-refractivity contribution in [1.29, 1.82) is 0 Å². The third-order valence-corrected chi connectivity index (χ3v) is 21.6. The summed E-state index contributed by atoms with van der Waals surface area (Å²) in [5, 5.41) is 10.4. The highest BCUT2D eigenvalue weighted by Crippen LogP contribution is 2.43. The Labute approximate surface area is 457 Å². The molecule has 12 fully saturated rings. The molecule has 12 heteroatoms. The lowest BCUT2D eigenvalue weighted by Crippen LogP contribution is -2.55. The van der Waals surface area contributed by atoms with Crippen molar-refractivity contribution in [2.45, 2.75) is 209 Å². The first-order valence-electron chi connectivity index (χ1n) is 31.6. The molecule has 432 valence electrons. The Bertz CT molecular complexity index is 1490. The molecule has 0 aromatic heterocycles. The first kappa shape index (κ1) is 61.1. The van der Waals surface area contributed by atoms with E-state index in [0.717, 1.165) is 69.9 Å². The van der Waals surface area contributed by atoms with E-state index >= 15 is 0 Å². The van der Waals surface area contributed by atoms with Crippen molar-refractivity contribution in [3.63, 3.8) is 0 Å². The van der Waals surface area contributed by atoms with Crippen molar-refractivity contribution in [3.05, 3.63) is 0 Å². The summed E-state index contributed by atoms with van der Waals surface area (Å²) >= 11 is 0. The monoisotopic (exact) mass is 1040 g/mol. The molecule has 0 aliphatic carbocycles. The first-order chi connectivity index (χ1) is 35.3. The number of hydrogen-bond donors (Lipinski definition) is 3. The molecule has 0 saturated carbocycles. The van der Waals surface area contributed by atoms with E-state index in [2.05, 4.69) is 128 Å². The number of nitrogens with one attached hydrogen (secondary N) is 3. The van der Waals surface area contributed by atoms with E-state index < -0.39 is 0 Å². The Morgan fingerprint density at radius 1 is 0.270 bits per heavy atom. The second kappa shape index (κ2) is 27.8. The van der Waals surface area contributed by atoms with E-state index in [1.54, 1.807) is 0 Å². The maximum absolute atomic E-state index is 5.51. The lowest BCUT2D eigenvalue weighted by atomic mass is 9.77. The third-order valence-electron chi connectivity index (χ3n) is 21.6. The Morgan fingerprint density at radius 3 is 0.932 bits per heavy atom. The number of ether oxygens (including phenoxy) is 3. The molecule has 0 amide bonds. The second-order valence-electron chi connectivity index (χ2n) is 28.7. The minimum atomic E-state index is 0.546. The summed E-state index contributed by atoms with van der Waals surface area (Å²) in [4.78, 5) is 15.6. The zero-order valence-corrected chi connectivity index (χ0v) is 50.7. The van der Waals surface area contributed by atoms with Gasteiger partial charge in [0.25, 0.3) is 0 Å². The molecule has 3 N–H and O–H groups in total. The fourth-order valence-electron chi connectivity index (χ4n) is 15.0. The lowest BCUT2D eigenvalue weighted by molar-refractivity contribution is 0.0179. The van der Waals surface area contributed by atoms with Gasteiger partial charge in [0.05, 0.1) is 13.2 Å². The van der Waals surface area contributed by atoms with Gasteiger partial charge in [0, 0.05) is 126 Å². The van der Waals surface area contributed by atoms with Crippen molar-refractivity contribution in [2.24, 2.45) is 32.5 Å². The van der Waals surface area contributed by atoms with Crippen LogP contribution in [0.25, 0.3) is 0 Å². The predicted molar refractivity (Wildman–Crippen MR) is 311 cm³/mol. The Kier molecular flexibility index (Phi) is 23.0. The Balaban J connectivity index is 0.000000130. The van der Waals surface area contributed by atoms with E-state index in [1.807, 2.05) is 0 Å². The molecule has 74 heavy (non-hydrogen) atoms. The quantitative estimate of drug-likeness (QED) is 0.239. The molecule has 12 heterocycles. The van der Waals surface area contributed by atoms with E-state index in [4.69, 9.17) is 14.2 Å². The zero-order chi connectivity index (χ0) is 53.0. The van der Waals surface area contributed by atoms with Crippen LogP contribution >= 0.6 is 0 Å². The van der Waals surface area contributed by atoms with E-state index in [1.165, 1.54) is 208 Å². The zero-order valence-electron chi connectivity index (χ0n) is 50.7. The fourth-order valence-corrected chi connectivity index (χ4v) is 15.0. The summed E-state index contributed by atoms with van der Waals surface area (Å²) in [6.07, 6.45) is 19.1. The highest BCUT2D eigenvalue weighted by molar-refractivity contribution is 5.01. The van der Waals surface area contributed by atoms with Gasteiger partial charge in [0.2, 0.25) is 0 Å². The van der Waals surface area contributed by atoms with E-state index in [9.17, 15) is 0 Å². The van der Waals surface area contributed by atoms with Gasteiger partial charge in [-0.25, -0.2) is 0 Å². The van der Waals surface area contributed by atoms with E-state index in [0.29, 0.717) is 38.5 Å².